The first-order valence-corrected chi connectivity index (χ1v) is 7.95. The Labute approximate surface area is 139 Å². The van der Waals surface area contributed by atoms with Crippen LogP contribution in [0.2, 0.25) is 0 Å². The fourth-order valence-electron chi connectivity index (χ4n) is 2.45. The summed E-state index contributed by atoms with van der Waals surface area (Å²) in [7, 11) is 3.18. The number of ether oxygens (including phenoxy) is 2. The van der Waals surface area contributed by atoms with Crippen LogP contribution in [0.25, 0.3) is 21.7 Å². The minimum Gasteiger partial charge on any atom is -0.493 e. The molecule has 3 nitrogen and oxygen atoms in total. The lowest BCUT2D eigenvalue weighted by Gasteiger charge is -2.09. The largest absolute Gasteiger partial charge is 0.493 e. The zero-order valence-electron chi connectivity index (χ0n) is 12.9. The third kappa shape index (κ3) is 2.92. The van der Waals surface area contributed by atoms with Crippen molar-refractivity contribution in [1.82, 2.24) is 0 Å². The number of nitriles is 1. The van der Waals surface area contributed by atoms with Crippen LogP contribution in [0, 0.1) is 11.3 Å². The average molecular weight is 321 g/mol. The van der Waals surface area contributed by atoms with E-state index < -0.39 is 0 Å². The maximum atomic E-state index is 9.55. The lowest BCUT2D eigenvalue weighted by Crippen LogP contribution is -1.92. The fraction of sp³-hybridized carbons (Fsp3) is 0.105. The highest BCUT2D eigenvalue weighted by molar-refractivity contribution is 7.17. The number of hydrogen-bond donors (Lipinski definition) is 0. The summed E-state index contributed by atoms with van der Waals surface area (Å²) in [6.07, 6.45) is 1.92. The van der Waals surface area contributed by atoms with Gasteiger partial charge in [0.15, 0.2) is 11.5 Å². The van der Waals surface area contributed by atoms with Crippen LogP contribution >= 0.6 is 11.3 Å². The number of nitrogens with zero attached hydrogens (tertiary/aromatic N) is 1. The Morgan fingerprint density at radius 1 is 1.09 bits per heavy atom. The average Bonchev–Trinajstić information content (AvgIpc) is 3.02. The minimum absolute atomic E-state index is 0.592. The van der Waals surface area contributed by atoms with E-state index in [0.717, 1.165) is 16.5 Å². The molecule has 2 aromatic carbocycles. The topological polar surface area (TPSA) is 42.2 Å². The molecule has 0 saturated carbocycles. The molecule has 114 valence electrons. The van der Waals surface area contributed by atoms with Gasteiger partial charge < -0.3 is 9.47 Å². The first-order valence-electron chi connectivity index (χ1n) is 7.07. The van der Waals surface area contributed by atoms with E-state index in [1.54, 1.807) is 25.6 Å². The highest BCUT2D eigenvalue weighted by Gasteiger charge is 2.09. The van der Waals surface area contributed by atoms with Crippen LogP contribution in [0.4, 0.5) is 0 Å². The molecule has 0 aliphatic heterocycles. The summed E-state index contributed by atoms with van der Waals surface area (Å²) < 4.78 is 11.8. The van der Waals surface area contributed by atoms with Crippen LogP contribution in [0.15, 0.2) is 47.8 Å². The van der Waals surface area contributed by atoms with Crippen LogP contribution in [0.3, 0.4) is 0 Å². The summed E-state index contributed by atoms with van der Waals surface area (Å²) in [5.74, 6) is 1.26. The second kappa shape index (κ2) is 6.55. The van der Waals surface area contributed by atoms with E-state index in [-0.39, 0.29) is 0 Å². The second-order valence-corrected chi connectivity index (χ2v) is 5.84. The van der Waals surface area contributed by atoms with Crippen molar-refractivity contribution in [3.05, 3.63) is 59.0 Å². The molecule has 0 saturated heterocycles. The van der Waals surface area contributed by atoms with Gasteiger partial charge in [0.1, 0.15) is 0 Å². The number of rotatable bonds is 4. The normalized spacial score (nSPS) is 11.3. The van der Waals surface area contributed by atoms with Crippen molar-refractivity contribution in [2.75, 3.05) is 14.2 Å². The predicted octanol–water partition coefficient (Wildman–Crippen LogP) is 4.98. The minimum atomic E-state index is 0.592. The standard InChI is InChI=1S/C19H15NO2S/c1-21-17-8-7-13(10-18(17)22-2)14(11-20)9-15-12-23-19-6-4-3-5-16(15)19/h3-10,12H,1-2H3/b14-9+. The number of fused-ring (bicyclic) bond motifs is 1. The molecule has 0 aliphatic rings. The van der Waals surface area contributed by atoms with Gasteiger partial charge >= 0.3 is 0 Å². The Hall–Kier alpha value is -2.77. The molecule has 0 N–H and O–H groups in total. The second-order valence-electron chi connectivity index (χ2n) is 4.93. The van der Waals surface area contributed by atoms with Crippen molar-refractivity contribution < 1.29 is 9.47 Å². The zero-order valence-corrected chi connectivity index (χ0v) is 13.7. The molecule has 0 spiro atoms. The third-order valence-electron chi connectivity index (χ3n) is 3.63. The highest BCUT2D eigenvalue weighted by Crippen LogP contribution is 2.33. The molecule has 1 aromatic heterocycles. The van der Waals surface area contributed by atoms with Crippen molar-refractivity contribution in [2.45, 2.75) is 0 Å². The maximum absolute atomic E-state index is 9.55. The van der Waals surface area contributed by atoms with Gasteiger partial charge in [-0.3, -0.25) is 0 Å². The van der Waals surface area contributed by atoms with Crippen LogP contribution in [0.5, 0.6) is 11.5 Å². The highest BCUT2D eigenvalue weighted by atomic mass is 32.1. The number of methoxy groups -OCH3 is 2. The number of hydrogen-bond acceptors (Lipinski definition) is 4. The number of thiophene rings is 1. The van der Waals surface area contributed by atoms with Gasteiger partial charge in [0, 0.05) is 4.70 Å². The van der Waals surface area contributed by atoms with Gasteiger partial charge in [0.25, 0.3) is 0 Å². The first kappa shape index (κ1) is 15.1. The van der Waals surface area contributed by atoms with Gasteiger partial charge in [-0.15, -0.1) is 11.3 Å². The molecule has 3 aromatic rings. The van der Waals surface area contributed by atoms with E-state index in [0.29, 0.717) is 17.1 Å². The summed E-state index contributed by atoms with van der Waals surface area (Å²) in [4.78, 5) is 0. The molecule has 23 heavy (non-hydrogen) atoms. The summed E-state index contributed by atoms with van der Waals surface area (Å²) in [5.41, 5.74) is 2.45. The van der Waals surface area contributed by atoms with E-state index >= 15 is 0 Å². The molecule has 3 rings (SSSR count). The van der Waals surface area contributed by atoms with Crippen molar-refractivity contribution >= 4 is 33.1 Å². The summed E-state index contributed by atoms with van der Waals surface area (Å²) in [5, 5.41) is 12.8. The van der Waals surface area contributed by atoms with Crippen molar-refractivity contribution in [3.63, 3.8) is 0 Å². The molecule has 0 bridgehead atoms. The molecular formula is C19H15NO2S. The van der Waals surface area contributed by atoms with E-state index in [2.05, 4.69) is 23.6 Å². The lowest BCUT2D eigenvalue weighted by molar-refractivity contribution is 0.355. The molecule has 1 heterocycles. The Morgan fingerprint density at radius 3 is 2.61 bits per heavy atom. The van der Waals surface area contributed by atoms with E-state index in [1.165, 1.54) is 4.70 Å². The van der Waals surface area contributed by atoms with Crippen molar-refractivity contribution in [2.24, 2.45) is 0 Å². The van der Waals surface area contributed by atoms with Gasteiger partial charge in [-0.05, 0) is 52.2 Å². The Morgan fingerprint density at radius 2 is 1.87 bits per heavy atom. The van der Waals surface area contributed by atoms with Crippen LogP contribution < -0.4 is 9.47 Å². The predicted molar refractivity (Wildman–Crippen MR) is 94.9 cm³/mol. The van der Waals surface area contributed by atoms with Crippen LogP contribution in [0.1, 0.15) is 11.1 Å². The first-order chi connectivity index (χ1) is 11.3. The molecule has 0 aliphatic carbocycles. The van der Waals surface area contributed by atoms with E-state index in [4.69, 9.17) is 9.47 Å². The molecule has 0 radical (unpaired) electrons. The van der Waals surface area contributed by atoms with Crippen molar-refractivity contribution in [3.8, 4) is 17.6 Å². The number of benzene rings is 2. The van der Waals surface area contributed by atoms with Gasteiger partial charge in [0.2, 0.25) is 0 Å². The summed E-state index contributed by atoms with van der Waals surface area (Å²) in [6.45, 7) is 0. The van der Waals surface area contributed by atoms with E-state index in [9.17, 15) is 5.26 Å². The molecule has 0 atom stereocenters. The monoisotopic (exact) mass is 321 g/mol. The number of allylic oxidation sites excluding steroid dienone is 1. The summed E-state index contributed by atoms with van der Waals surface area (Å²) in [6, 6.07) is 16.0. The Balaban J connectivity index is 2.08. The van der Waals surface area contributed by atoms with Crippen molar-refractivity contribution in [1.29, 1.82) is 5.26 Å². The van der Waals surface area contributed by atoms with Crippen LogP contribution in [-0.2, 0) is 0 Å². The van der Waals surface area contributed by atoms with Gasteiger partial charge in [-0.25, -0.2) is 0 Å². The Kier molecular flexibility index (Phi) is 4.31. The van der Waals surface area contributed by atoms with Gasteiger partial charge in [0.05, 0.1) is 25.9 Å². The molecule has 0 amide bonds. The van der Waals surface area contributed by atoms with Gasteiger partial charge in [-0.2, -0.15) is 5.26 Å². The fourth-order valence-corrected chi connectivity index (χ4v) is 3.37. The maximum Gasteiger partial charge on any atom is 0.161 e. The molecule has 0 unspecified atom stereocenters. The molecule has 0 fully saturated rings. The summed E-state index contributed by atoms with van der Waals surface area (Å²) >= 11 is 1.68. The smallest absolute Gasteiger partial charge is 0.161 e. The third-order valence-corrected chi connectivity index (χ3v) is 4.61. The molecule has 4 heteroatoms. The zero-order chi connectivity index (χ0) is 16.2. The van der Waals surface area contributed by atoms with Gasteiger partial charge in [-0.1, -0.05) is 18.2 Å². The quantitative estimate of drug-likeness (QED) is 0.636. The molecular weight excluding hydrogens is 306 g/mol. The van der Waals surface area contributed by atoms with E-state index in [1.807, 2.05) is 36.4 Å². The Bertz CT molecular complexity index is 919. The SMILES string of the molecule is COc1ccc(/C(C#N)=C/c2csc3ccccc23)cc1OC. The lowest BCUT2D eigenvalue weighted by atomic mass is 10.0. The van der Waals surface area contributed by atoms with Crippen LogP contribution in [-0.4, -0.2) is 14.2 Å².